The van der Waals surface area contributed by atoms with Gasteiger partial charge in [0.2, 0.25) is 0 Å². The predicted octanol–water partition coefficient (Wildman–Crippen LogP) is 12.6. The summed E-state index contributed by atoms with van der Waals surface area (Å²) >= 11 is 0. The number of aryl methyl sites for hydroxylation is 5. The first-order valence-electron chi connectivity index (χ1n) is 19.4. The Morgan fingerprint density at radius 2 is 1.54 bits per heavy atom. The molecule has 7 aromatic rings. The van der Waals surface area contributed by atoms with Crippen LogP contribution in [-0.2, 0) is 39.7 Å². The van der Waals surface area contributed by atoms with Crippen molar-refractivity contribution in [2.45, 2.75) is 100 Å². The number of para-hydroxylation sites is 1. The summed E-state index contributed by atoms with van der Waals surface area (Å²) in [5.74, 6) is 3.01. The zero-order valence-electron chi connectivity index (χ0n) is 33.2. The molecule has 7 rings (SSSR count). The Bertz CT molecular complexity index is 2410. The van der Waals surface area contributed by atoms with Gasteiger partial charge in [0.05, 0.1) is 5.69 Å². The van der Waals surface area contributed by atoms with E-state index in [1.807, 2.05) is 12.3 Å². The fraction of sp³-hybridized carbons (Fsp3) is 0.333. The normalized spacial score (nSPS) is 11.6. The van der Waals surface area contributed by atoms with Gasteiger partial charge in [-0.1, -0.05) is 89.4 Å². The first kappa shape index (κ1) is 39.2. The van der Waals surface area contributed by atoms with Crippen LogP contribution in [0.15, 0.2) is 79.0 Å². The first-order chi connectivity index (χ1) is 25.6. The molecule has 0 aliphatic carbocycles. The fourth-order valence-electron chi connectivity index (χ4n) is 7.78. The second kappa shape index (κ2) is 16.5. The monoisotopic (exact) mass is 806 g/mol. The van der Waals surface area contributed by atoms with Crippen LogP contribution in [0.25, 0.3) is 44.4 Å². The van der Waals surface area contributed by atoms with E-state index < -0.39 is 0 Å². The minimum Gasteiger partial charge on any atom is -0.509 e. The number of hydrogen-bond acceptors (Lipinski definition) is 3. The van der Waals surface area contributed by atoms with Gasteiger partial charge in [0.1, 0.15) is 5.82 Å². The number of rotatable bonds is 12. The second-order valence-electron chi connectivity index (χ2n) is 15.4. The molecule has 0 saturated carbocycles. The minimum atomic E-state index is 0. The molecule has 0 spiro atoms. The number of aromatic nitrogens is 4. The van der Waals surface area contributed by atoms with Crippen LogP contribution in [0.3, 0.4) is 0 Å². The SMILES string of the molecule is CCCc1nn(-c2[c-]c(Oc3[c-]c4c(cc3)c3ccccc3n4-c3cc(CC)ccn3)cc(C(C)C)c2)c(CCC(C)C)c1-c1c(C)cc(C)cc1C.[Pd+2]. The van der Waals surface area contributed by atoms with Crippen molar-refractivity contribution < 1.29 is 25.2 Å². The number of pyridine rings is 1. The zero-order valence-corrected chi connectivity index (χ0v) is 34.8. The zero-order chi connectivity index (χ0) is 37.4. The van der Waals surface area contributed by atoms with E-state index in [0.29, 0.717) is 17.4 Å². The third-order valence-electron chi connectivity index (χ3n) is 10.4. The van der Waals surface area contributed by atoms with E-state index in [9.17, 15) is 0 Å². The van der Waals surface area contributed by atoms with Gasteiger partial charge in [0.25, 0.3) is 0 Å². The van der Waals surface area contributed by atoms with Gasteiger partial charge >= 0.3 is 20.4 Å². The van der Waals surface area contributed by atoms with Crippen molar-refractivity contribution in [1.82, 2.24) is 19.3 Å². The molecule has 0 unspecified atom stereocenters. The van der Waals surface area contributed by atoms with Gasteiger partial charge in [-0.15, -0.1) is 41.3 Å². The van der Waals surface area contributed by atoms with Crippen molar-refractivity contribution >= 4 is 21.8 Å². The van der Waals surface area contributed by atoms with Gasteiger partial charge < -0.3 is 9.30 Å². The van der Waals surface area contributed by atoms with Gasteiger partial charge in [-0.05, 0) is 110 Å². The molecule has 3 heterocycles. The second-order valence-corrected chi connectivity index (χ2v) is 15.4. The Labute approximate surface area is 335 Å². The summed E-state index contributed by atoms with van der Waals surface area (Å²) in [6.45, 7) is 20.2. The molecule has 6 heteroatoms. The average Bonchev–Trinajstić information content (AvgIpc) is 3.65. The van der Waals surface area contributed by atoms with Crippen molar-refractivity contribution in [3.63, 3.8) is 0 Å². The largest absolute Gasteiger partial charge is 2.00 e. The van der Waals surface area contributed by atoms with E-state index >= 15 is 0 Å². The Hall–Kier alpha value is -4.50. The van der Waals surface area contributed by atoms with Gasteiger partial charge in [0.15, 0.2) is 0 Å². The Balaban J connectivity index is 0.00000497. The molecule has 0 saturated heterocycles. The van der Waals surface area contributed by atoms with Gasteiger partial charge in [0, 0.05) is 34.5 Å². The maximum absolute atomic E-state index is 6.74. The molecule has 0 radical (unpaired) electrons. The van der Waals surface area contributed by atoms with E-state index in [2.05, 4.69) is 150 Å². The number of hydrogen-bond donors (Lipinski definition) is 0. The molecule has 0 aliphatic rings. The number of fused-ring (bicyclic) bond motifs is 3. The molecule has 280 valence electrons. The molecule has 0 bridgehead atoms. The topological polar surface area (TPSA) is 44.9 Å². The molecule has 0 fully saturated rings. The summed E-state index contributed by atoms with van der Waals surface area (Å²) in [5.41, 5.74) is 14.3. The molecule has 0 amide bonds. The smallest absolute Gasteiger partial charge is 0.509 e. The molecule has 54 heavy (non-hydrogen) atoms. The van der Waals surface area contributed by atoms with Crippen molar-refractivity contribution in [1.29, 1.82) is 0 Å². The third kappa shape index (κ3) is 7.70. The number of ether oxygens (including phenoxy) is 1. The summed E-state index contributed by atoms with van der Waals surface area (Å²) in [5, 5.41) is 7.69. The van der Waals surface area contributed by atoms with Crippen molar-refractivity contribution in [3.05, 3.63) is 130 Å². The molecular formula is C48H52N4OPd. The Morgan fingerprint density at radius 1 is 0.778 bits per heavy atom. The van der Waals surface area contributed by atoms with E-state index in [-0.39, 0.29) is 26.3 Å². The molecule has 3 aromatic heterocycles. The quantitative estimate of drug-likeness (QED) is 0.0912. The first-order valence-corrected chi connectivity index (χ1v) is 19.4. The van der Waals surface area contributed by atoms with Gasteiger partial charge in [-0.3, -0.25) is 4.68 Å². The maximum Gasteiger partial charge on any atom is 2.00 e. The Morgan fingerprint density at radius 3 is 2.24 bits per heavy atom. The van der Waals surface area contributed by atoms with E-state index in [4.69, 9.17) is 14.8 Å². The average molecular weight is 807 g/mol. The molecule has 0 aliphatic heterocycles. The number of benzene rings is 4. The van der Waals surface area contributed by atoms with E-state index in [1.165, 1.54) is 44.6 Å². The van der Waals surface area contributed by atoms with E-state index in [1.54, 1.807) is 0 Å². The molecule has 4 aromatic carbocycles. The van der Waals surface area contributed by atoms with Crippen LogP contribution in [0.4, 0.5) is 0 Å². The van der Waals surface area contributed by atoms with Gasteiger partial charge in [-0.25, -0.2) is 4.98 Å². The molecule has 0 atom stereocenters. The van der Waals surface area contributed by atoms with Crippen LogP contribution < -0.4 is 4.74 Å². The van der Waals surface area contributed by atoms with Crippen LogP contribution in [0, 0.1) is 38.8 Å². The summed E-state index contributed by atoms with van der Waals surface area (Å²) in [4.78, 5) is 4.80. The van der Waals surface area contributed by atoms with Crippen LogP contribution in [-0.4, -0.2) is 19.3 Å². The standard InChI is InChI=1S/C48H52N4O.Pd/c1-10-14-42-48(47-33(8)23-32(7)24-34(47)9)44(20-17-30(3)4)52(50-42)37-26-36(31(5)6)27-39(28-37)53-38-18-19-41-40-15-12-13-16-43(40)51(45(41)29-38)46-25-35(11-2)21-22-49-46;/h12-13,15-16,18-19,21-27,30-31H,10-11,14,17,20H2,1-9H3;/q-2;+2. The fourth-order valence-corrected chi connectivity index (χ4v) is 7.78. The molecule has 0 N–H and O–H groups in total. The van der Waals surface area contributed by atoms with Crippen LogP contribution in [0.1, 0.15) is 99.5 Å². The summed E-state index contributed by atoms with van der Waals surface area (Å²) in [7, 11) is 0. The molecular weight excluding hydrogens is 755 g/mol. The van der Waals surface area contributed by atoms with Crippen LogP contribution in [0.2, 0.25) is 0 Å². The Kier molecular flexibility index (Phi) is 12.0. The van der Waals surface area contributed by atoms with E-state index in [0.717, 1.165) is 71.1 Å². The minimum absolute atomic E-state index is 0. The summed E-state index contributed by atoms with van der Waals surface area (Å²) < 4.78 is 11.1. The van der Waals surface area contributed by atoms with Gasteiger partial charge in [-0.2, -0.15) is 11.2 Å². The van der Waals surface area contributed by atoms with Crippen molar-refractivity contribution in [2.75, 3.05) is 0 Å². The third-order valence-corrected chi connectivity index (χ3v) is 10.4. The maximum atomic E-state index is 6.74. The predicted molar refractivity (Wildman–Crippen MR) is 220 cm³/mol. The molecule has 5 nitrogen and oxygen atoms in total. The summed E-state index contributed by atoms with van der Waals surface area (Å²) in [6, 6.07) is 33.2. The van der Waals surface area contributed by atoms with Crippen LogP contribution >= 0.6 is 0 Å². The van der Waals surface area contributed by atoms with Crippen molar-refractivity contribution in [2.24, 2.45) is 5.92 Å². The van der Waals surface area contributed by atoms with Crippen molar-refractivity contribution in [3.8, 4) is 34.1 Å². The number of nitrogens with zero attached hydrogens (tertiary/aromatic N) is 4. The summed E-state index contributed by atoms with van der Waals surface area (Å²) in [6.07, 6.45) is 6.77. The van der Waals surface area contributed by atoms with Crippen LogP contribution in [0.5, 0.6) is 11.5 Å².